The number of morpholine rings is 1. The molecule has 0 spiro atoms. The summed E-state index contributed by atoms with van der Waals surface area (Å²) in [7, 11) is 0. The summed E-state index contributed by atoms with van der Waals surface area (Å²) in [6.45, 7) is 4.46. The summed E-state index contributed by atoms with van der Waals surface area (Å²) in [5.74, 6) is 0.0224. The molecule has 0 bridgehead atoms. The minimum Gasteiger partial charge on any atom is -0.479 e. The fraction of sp³-hybridized carbons (Fsp3) is 0.600. The number of hydrogen-bond donors (Lipinski definition) is 1. The Hall–Kier alpha value is -1.01. The molecule has 6 heteroatoms. The fourth-order valence-corrected chi connectivity index (χ4v) is 1.99. The van der Waals surface area contributed by atoms with Gasteiger partial charge < -0.3 is 14.7 Å². The van der Waals surface area contributed by atoms with Crippen LogP contribution in [-0.4, -0.2) is 59.2 Å². The Labute approximate surface area is 98.4 Å². The smallest absolute Gasteiger partial charge is 0.334 e. The molecule has 1 aliphatic rings. The van der Waals surface area contributed by atoms with E-state index in [4.69, 9.17) is 9.84 Å². The molecule has 16 heavy (non-hydrogen) atoms. The van der Waals surface area contributed by atoms with Crippen LogP contribution < -0.4 is 0 Å². The van der Waals surface area contributed by atoms with Crippen LogP contribution in [0.3, 0.4) is 0 Å². The monoisotopic (exact) mass is 245 g/mol. The van der Waals surface area contributed by atoms with E-state index in [1.54, 1.807) is 11.0 Å². The van der Waals surface area contributed by atoms with Crippen LogP contribution in [0.1, 0.15) is 0 Å². The van der Waals surface area contributed by atoms with Crippen molar-refractivity contribution in [1.82, 2.24) is 4.90 Å². The summed E-state index contributed by atoms with van der Waals surface area (Å²) in [4.78, 5) is 23.9. The first kappa shape index (κ1) is 13.1. The minimum absolute atomic E-state index is 0.0404. The largest absolute Gasteiger partial charge is 0.479 e. The molecule has 1 heterocycles. The highest BCUT2D eigenvalue weighted by atomic mass is 32.2. The van der Waals surface area contributed by atoms with E-state index in [9.17, 15) is 9.59 Å². The van der Waals surface area contributed by atoms with E-state index in [1.807, 2.05) is 0 Å². The highest BCUT2D eigenvalue weighted by molar-refractivity contribution is 8.00. The molecule has 1 N–H and O–H groups in total. The molecule has 0 saturated carbocycles. The number of aliphatic carboxylic acids is 1. The molecule has 0 aromatic heterocycles. The number of thioether (sulfide) groups is 1. The number of carbonyl (C=O) groups is 2. The molecular weight excluding hydrogens is 230 g/mol. The lowest BCUT2D eigenvalue weighted by Crippen LogP contribution is -2.49. The number of nitrogens with zero attached hydrogens (tertiary/aromatic N) is 1. The number of carbonyl (C=O) groups excluding carboxylic acids is 1. The summed E-state index contributed by atoms with van der Waals surface area (Å²) in [6.07, 6.45) is 0.847. The van der Waals surface area contributed by atoms with Crippen LogP contribution in [0.15, 0.2) is 12.7 Å². The van der Waals surface area contributed by atoms with Crippen molar-refractivity contribution >= 4 is 23.6 Å². The normalized spacial score (nSPS) is 20.5. The Balaban J connectivity index is 2.37. The molecule has 1 aliphatic heterocycles. The third-order valence-corrected chi connectivity index (χ3v) is 3.08. The average molecular weight is 245 g/mol. The second-order valence-electron chi connectivity index (χ2n) is 3.34. The Morgan fingerprint density at radius 1 is 1.62 bits per heavy atom. The molecule has 90 valence electrons. The zero-order valence-electron chi connectivity index (χ0n) is 8.92. The van der Waals surface area contributed by atoms with E-state index in [1.165, 1.54) is 11.8 Å². The number of carboxylic acids is 1. The van der Waals surface area contributed by atoms with Crippen molar-refractivity contribution in [2.45, 2.75) is 6.10 Å². The zero-order chi connectivity index (χ0) is 12.0. The van der Waals surface area contributed by atoms with Gasteiger partial charge in [-0.2, -0.15) is 0 Å². The van der Waals surface area contributed by atoms with Gasteiger partial charge in [0.2, 0.25) is 5.91 Å². The van der Waals surface area contributed by atoms with Gasteiger partial charge in [-0.25, -0.2) is 4.79 Å². The molecule has 1 atom stereocenters. The molecule has 1 amide bonds. The predicted molar refractivity (Wildman–Crippen MR) is 61.5 cm³/mol. The first-order valence-electron chi connectivity index (χ1n) is 4.96. The van der Waals surface area contributed by atoms with Gasteiger partial charge in [0.15, 0.2) is 6.10 Å². The van der Waals surface area contributed by atoms with Crippen LogP contribution in [0.2, 0.25) is 0 Å². The van der Waals surface area contributed by atoms with Crippen molar-refractivity contribution in [3.05, 3.63) is 12.7 Å². The second kappa shape index (κ2) is 6.55. The number of hydrogen-bond acceptors (Lipinski definition) is 4. The summed E-state index contributed by atoms with van der Waals surface area (Å²) in [6, 6.07) is 0. The van der Waals surface area contributed by atoms with Gasteiger partial charge in [-0.3, -0.25) is 4.79 Å². The maximum absolute atomic E-state index is 11.7. The van der Waals surface area contributed by atoms with Gasteiger partial charge in [0.1, 0.15) is 0 Å². The summed E-state index contributed by atoms with van der Waals surface area (Å²) < 4.78 is 5.03. The first-order chi connectivity index (χ1) is 7.65. The third kappa shape index (κ3) is 3.86. The Morgan fingerprint density at radius 2 is 2.38 bits per heavy atom. The van der Waals surface area contributed by atoms with Gasteiger partial charge in [-0.05, 0) is 0 Å². The van der Waals surface area contributed by atoms with E-state index in [0.717, 1.165) is 5.75 Å². The molecule has 1 rings (SSSR count). The third-order valence-electron chi connectivity index (χ3n) is 2.16. The van der Waals surface area contributed by atoms with Crippen LogP contribution in [0.25, 0.3) is 0 Å². The molecule has 5 nitrogen and oxygen atoms in total. The SMILES string of the molecule is C=CCSCC(=O)N1CCOC(C(=O)O)C1. The number of amides is 1. The Morgan fingerprint density at radius 3 is 3.00 bits per heavy atom. The van der Waals surface area contributed by atoms with Gasteiger partial charge in [-0.1, -0.05) is 6.08 Å². The predicted octanol–water partition coefficient (Wildman–Crippen LogP) is 0.218. The maximum atomic E-state index is 11.7. The van der Waals surface area contributed by atoms with Crippen LogP contribution in [0.5, 0.6) is 0 Å². The molecular formula is C10H15NO4S. The van der Waals surface area contributed by atoms with Crippen molar-refractivity contribution in [1.29, 1.82) is 0 Å². The first-order valence-corrected chi connectivity index (χ1v) is 6.11. The van der Waals surface area contributed by atoms with E-state index < -0.39 is 12.1 Å². The summed E-state index contributed by atoms with van der Waals surface area (Å²) in [5.41, 5.74) is 0. The molecule has 0 aromatic carbocycles. The van der Waals surface area contributed by atoms with Crippen LogP contribution in [-0.2, 0) is 14.3 Å². The summed E-state index contributed by atoms with van der Waals surface area (Å²) in [5, 5.41) is 8.77. The fourth-order valence-electron chi connectivity index (χ4n) is 1.35. The van der Waals surface area contributed by atoms with Gasteiger partial charge in [0, 0.05) is 12.3 Å². The molecule has 1 saturated heterocycles. The quantitative estimate of drug-likeness (QED) is 0.554. The number of ether oxygens (including phenoxy) is 1. The van der Waals surface area contributed by atoms with Crippen molar-refractivity contribution in [3.63, 3.8) is 0 Å². The Kier molecular flexibility index (Phi) is 5.34. The van der Waals surface area contributed by atoms with Crippen LogP contribution in [0, 0.1) is 0 Å². The zero-order valence-corrected chi connectivity index (χ0v) is 9.74. The van der Waals surface area contributed by atoms with Crippen molar-refractivity contribution in [2.75, 3.05) is 31.2 Å². The van der Waals surface area contributed by atoms with Crippen molar-refractivity contribution in [3.8, 4) is 0 Å². The van der Waals surface area contributed by atoms with E-state index in [-0.39, 0.29) is 19.1 Å². The molecule has 0 aromatic rings. The molecule has 1 fully saturated rings. The molecule has 0 radical (unpaired) electrons. The van der Waals surface area contributed by atoms with E-state index >= 15 is 0 Å². The summed E-state index contributed by atoms with van der Waals surface area (Å²) >= 11 is 1.47. The highest BCUT2D eigenvalue weighted by Crippen LogP contribution is 2.09. The lowest BCUT2D eigenvalue weighted by molar-refractivity contribution is -0.158. The topological polar surface area (TPSA) is 66.8 Å². The highest BCUT2D eigenvalue weighted by Gasteiger charge is 2.28. The second-order valence-corrected chi connectivity index (χ2v) is 4.37. The number of rotatable bonds is 5. The minimum atomic E-state index is -1.02. The van der Waals surface area contributed by atoms with Gasteiger partial charge >= 0.3 is 5.97 Å². The van der Waals surface area contributed by atoms with Crippen LogP contribution in [0.4, 0.5) is 0 Å². The maximum Gasteiger partial charge on any atom is 0.334 e. The molecule has 1 unspecified atom stereocenters. The lowest BCUT2D eigenvalue weighted by Gasteiger charge is -2.30. The van der Waals surface area contributed by atoms with E-state index in [0.29, 0.717) is 12.3 Å². The van der Waals surface area contributed by atoms with Gasteiger partial charge in [-0.15, -0.1) is 18.3 Å². The molecule has 0 aliphatic carbocycles. The average Bonchev–Trinajstić information content (AvgIpc) is 2.29. The van der Waals surface area contributed by atoms with Crippen molar-refractivity contribution in [2.24, 2.45) is 0 Å². The van der Waals surface area contributed by atoms with Gasteiger partial charge in [0.25, 0.3) is 0 Å². The lowest BCUT2D eigenvalue weighted by atomic mass is 10.3. The number of carboxylic acid groups (broad SMARTS) is 1. The van der Waals surface area contributed by atoms with E-state index in [2.05, 4.69) is 6.58 Å². The van der Waals surface area contributed by atoms with Gasteiger partial charge in [0.05, 0.1) is 18.9 Å². The van der Waals surface area contributed by atoms with Crippen molar-refractivity contribution < 1.29 is 19.4 Å². The standard InChI is InChI=1S/C10H15NO4S/c1-2-5-16-7-9(12)11-3-4-15-8(6-11)10(13)14/h2,8H,1,3-7H2,(H,13,14). The Bertz CT molecular complexity index is 282. The van der Waals surface area contributed by atoms with Crippen LogP contribution >= 0.6 is 11.8 Å².